The Morgan fingerprint density at radius 3 is 2.49 bits per heavy atom. The van der Waals surface area contributed by atoms with Crippen LogP contribution in [0.3, 0.4) is 0 Å². The van der Waals surface area contributed by atoms with Gasteiger partial charge in [0.1, 0.15) is 28.0 Å². The Kier molecular flexibility index (Phi) is 6.03. The van der Waals surface area contributed by atoms with Gasteiger partial charge in [0.15, 0.2) is 5.65 Å². The lowest BCUT2D eigenvalue weighted by atomic mass is 10.1. The van der Waals surface area contributed by atoms with Crippen molar-refractivity contribution in [2.45, 2.75) is 23.8 Å². The summed E-state index contributed by atoms with van der Waals surface area (Å²) in [7, 11) is -3.96. The molecule has 0 spiro atoms. The van der Waals surface area contributed by atoms with E-state index in [2.05, 4.69) is 31.3 Å². The van der Waals surface area contributed by atoms with Crippen LogP contribution in [0.5, 0.6) is 17.2 Å². The van der Waals surface area contributed by atoms with Crippen LogP contribution in [0.2, 0.25) is 0 Å². The smallest absolute Gasteiger partial charge is 0.246 e. The number of aromatic nitrogens is 3. The van der Waals surface area contributed by atoms with Gasteiger partial charge in [-0.3, -0.25) is 0 Å². The Bertz CT molecular complexity index is 1520. The predicted octanol–water partition coefficient (Wildman–Crippen LogP) is 3.54. The normalized spacial score (nSPS) is 15.5. The third-order valence-corrected chi connectivity index (χ3v) is 8.46. The van der Waals surface area contributed by atoms with Gasteiger partial charge < -0.3 is 20.6 Å². The minimum absolute atomic E-state index is 0.0509. The fourth-order valence-corrected chi connectivity index (χ4v) is 6.09. The van der Waals surface area contributed by atoms with Gasteiger partial charge in [-0.1, -0.05) is 12.1 Å². The molecule has 2 aromatic heterocycles. The van der Waals surface area contributed by atoms with Crippen molar-refractivity contribution < 1.29 is 23.7 Å². The molecule has 35 heavy (non-hydrogen) atoms. The van der Waals surface area contributed by atoms with Gasteiger partial charge in [0, 0.05) is 36.8 Å². The molecule has 0 amide bonds. The molecule has 4 aromatic rings. The van der Waals surface area contributed by atoms with E-state index >= 15 is 0 Å². The lowest BCUT2D eigenvalue weighted by Crippen LogP contribution is -2.42. The lowest BCUT2D eigenvalue weighted by molar-refractivity contribution is 0.327. The van der Waals surface area contributed by atoms with Crippen LogP contribution in [0.15, 0.2) is 64.1 Å². The number of aromatic hydroxyl groups is 3. The minimum Gasteiger partial charge on any atom is -0.508 e. The Balaban J connectivity index is 1.38. The Hall–Kier alpha value is -3.35. The number of nitrogens with one attached hydrogen (secondary N) is 1. The molecule has 1 saturated heterocycles. The summed E-state index contributed by atoms with van der Waals surface area (Å²) in [6, 6.07) is 12.1. The van der Waals surface area contributed by atoms with E-state index in [9.17, 15) is 23.7 Å². The molecule has 1 aliphatic heterocycles. The second-order valence-electron chi connectivity index (χ2n) is 8.25. The van der Waals surface area contributed by atoms with E-state index in [1.54, 1.807) is 35.0 Å². The predicted molar refractivity (Wildman–Crippen MR) is 133 cm³/mol. The number of hydrogen-bond donors (Lipinski definition) is 4. The highest BCUT2D eigenvalue weighted by Gasteiger charge is 2.32. The number of benzene rings is 2. The summed E-state index contributed by atoms with van der Waals surface area (Å²) in [4.78, 5) is 4.32. The van der Waals surface area contributed by atoms with Crippen LogP contribution >= 0.6 is 15.9 Å². The van der Waals surface area contributed by atoms with E-state index < -0.39 is 15.8 Å². The van der Waals surface area contributed by atoms with Crippen molar-refractivity contribution in [1.29, 1.82) is 0 Å². The van der Waals surface area contributed by atoms with Gasteiger partial charge in [0.2, 0.25) is 10.0 Å². The van der Waals surface area contributed by atoms with E-state index in [0.717, 1.165) is 12.1 Å². The van der Waals surface area contributed by atoms with Crippen molar-refractivity contribution in [3.63, 3.8) is 0 Å². The maximum atomic E-state index is 13.0. The van der Waals surface area contributed by atoms with Crippen molar-refractivity contribution in [3.8, 4) is 28.5 Å². The number of para-hydroxylation sites is 1. The van der Waals surface area contributed by atoms with E-state index in [0.29, 0.717) is 40.0 Å². The fraction of sp³-hybridized carbons (Fsp3) is 0.217. The van der Waals surface area contributed by atoms with Crippen molar-refractivity contribution in [1.82, 2.24) is 18.9 Å². The molecule has 0 radical (unpaired) electrons. The fourth-order valence-electron chi connectivity index (χ4n) is 4.17. The van der Waals surface area contributed by atoms with Gasteiger partial charge in [0.25, 0.3) is 0 Å². The summed E-state index contributed by atoms with van der Waals surface area (Å²) >= 11 is 3.47. The summed E-state index contributed by atoms with van der Waals surface area (Å²) in [5.41, 5.74) is 1.73. The zero-order chi connectivity index (χ0) is 24.7. The highest BCUT2D eigenvalue weighted by molar-refractivity contribution is 9.10. The molecule has 0 bridgehead atoms. The van der Waals surface area contributed by atoms with Gasteiger partial charge in [0.05, 0.1) is 16.4 Å². The van der Waals surface area contributed by atoms with Gasteiger partial charge in [-0.15, -0.1) is 0 Å². The molecule has 10 nitrogen and oxygen atoms in total. The number of anilines is 1. The molecular weight excluding hydrogens is 538 g/mol. The molecule has 5 rings (SSSR count). The largest absolute Gasteiger partial charge is 0.508 e. The quantitative estimate of drug-likeness (QED) is 0.272. The van der Waals surface area contributed by atoms with Crippen molar-refractivity contribution >= 4 is 37.4 Å². The summed E-state index contributed by atoms with van der Waals surface area (Å²) in [5.74, 6) is 0.138. The molecule has 3 heterocycles. The Morgan fingerprint density at radius 2 is 1.74 bits per heavy atom. The number of phenolic OH excluding ortho intramolecular Hbond substituents is 3. The number of hydrogen-bond acceptors (Lipinski definition) is 8. The molecule has 1 fully saturated rings. The molecule has 0 saturated carbocycles. The SMILES string of the molecule is O=S(=O)(c1cc(O)ccc1O)N1CCC(Nc2cc(-c3ccccc3O)nc3c(Br)cnn23)CC1. The summed E-state index contributed by atoms with van der Waals surface area (Å²) in [6.45, 7) is 0.469. The summed E-state index contributed by atoms with van der Waals surface area (Å²) in [5, 5.41) is 37.8. The molecule has 182 valence electrons. The second kappa shape index (κ2) is 9.02. The molecule has 12 heteroatoms. The van der Waals surface area contributed by atoms with Gasteiger partial charge in [-0.25, -0.2) is 13.4 Å². The monoisotopic (exact) mass is 559 g/mol. The third kappa shape index (κ3) is 4.40. The Labute approximate surface area is 209 Å². The molecule has 0 unspecified atom stereocenters. The van der Waals surface area contributed by atoms with E-state index in [1.807, 2.05) is 6.07 Å². The van der Waals surface area contributed by atoms with Gasteiger partial charge in [-0.05, 0) is 53.0 Å². The lowest BCUT2D eigenvalue weighted by Gasteiger charge is -2.32. The number of phenols is 3. The first kappa shape index (κ1) is 23.4. The van der Waals surface area contributed by atoms with Crippen LogP contribution in [0.1, 0.15) is 12.8 Å². The second-order valence-corrected chi connectivity index (χ2v) is 11.0. The molecule has 2 aromatic carbocycles. The summed E-state index contributed by atoms with van der Waals surface area (Å²) in [6.07, 6.45) is 2.66. The molecule has 4 N–H and O–H groups in total. The van der Waals surface area contributed by atoms with Crippen LogP contribution in [0.4, 0.5) is 5.82 Å². The average molecular weight is 560 g/mol. The minimum atomic E-state index is -3.96. The zero-order valence-electron chi connectivity index (χ0n) is 18.3. The van der Waals surface area contributed by atoms with Crippen LogP contribution < -0.4 is 5.32 Å². The van der Waals surface area contributed by atoms with Crippen molar-refractivity contribution in [3.05, 3.63) is 59.2 Å². The van der Waals surface area contributed by atoms with Gasteiger partial charge in [-0.2, -0.15) is 13.9 Å². The number of nitrogens with zero attached hydrogens (tertiary/aromatic N) is 4. The zero-order valence-corrected chi connectivity index (χ0v) is 20.7. The maximum Gasteiger partial charge on any atom is 0.246 e. The number of sulfonamides is 1. The number of fused-ring (bicyclic) bond motifs is 1. The molecule has 0 atom stereocenters. The maximum absolute atomic E-state index is 13.0. The highest BCUT2D eigenvalue weighted by atomic mass is 79.9. The van der Waals surface area contributed by atoms with Crippen LogP contribution in [0, 0.1) is 0 Å². The van der Waals surface area contributed by atoms with Crippen LogP contribution in [-0.4, -0.2) is 61.8 Å². The van der Waals surface area contributed by atoms with E-state index in [4.69, 9.17) is 0 Å². The van der Waals surface area contributed by atoms with Crippen LogP contribution in [0.25, 0.3) is 16.9 Å². The highest BCUT2D eigenvalue weighted by Crippen LogP contribution is 2.33. The average Bonchev–Trinajstić information content (AvgIpc) is 3.22. The molecule has 1 aliphatic rings. The first-order valence-electron chi connectivity index (χ1n) is 10.9. The van der Waals surface area contributed by atoms with E-state index in [1.165, 1.54) is 10.4 Å². The first-order chi connectivity index (χ1) is 16.7. The van der Waals surface area contributed by atoms with Crippen molar-refractivity contribution in [2.75, 3.05) is 18.4 Å². The van der Waals surface area contributed by atoms with Crippen LogP contribution in [-0.2, 0) is 10.0 Å². The molecular formula is C23H22BrN5O5S. The topological polar surface area (TPSA) is 140 Å². The molecule has 0 aliphatic carbocycles. The Morgan fingerprint density at radius 1 is 1.00 bits per heavy atom. The standard InChI is InChI=1S/C23H22BrN5O5S/c24-17-13-25-29-22(12-18(27-23(17)29)16-3-1-2-4-19(16)31)26-14-7-9-28(10-8-14)35(33,34)21-11-15(30)5-6-20(21)32/h1-6,11-14,26,30-32H,7-10H2. The van der Waals surface area contributed by atoms with E-state index in [-0.39, 0.29) is 35.5 Å². The number of piperidine rings is 1. The van der Waals surface area contributed by atoms with Crippen molar-refractivity contribution in [2.24, 2.45) is 0 Å². The number of halogens is 1. The third-order valence-electron chi connectivity index (χ3n) is 5.98. The summed E-state index contributed by atoms with van der Waals surface area (Å²) < 4.78 is 29.7. The van der Waals surface area contributed by atoms with Gasteiger partial charge >= 0.3 is 0 Å². The number of rotatable bonds is 5. The first-order valence-corrected chi connectivity index (χ1v) is 13.1.